The van der Waals surface area contributed by atoms with Crippen molar-refractivity contribution in [3.8, 4) is 11.8 Å². The van der Waals surface area contributed by atoms with E-state index < -0.39 is 0 Å². The lowest BCUT2D eigenvalue weighted by Gasteiger charge is -2.24. The van der Waals surface area contributed by atoms with Crippen molar-refractivity contribution in [3.63, 3.8) is 0 Å². The molecule has 0 aliphatic carbocycles. The third-order valence-electron chi connectivity index (χ3n) is 4.49. The lowest BCUT2D eigenvalue weighted by Crippen LogP contribution is -2.15. The monoisotopic (exact) mass is 250 g/mol. The average Bonchev–Trinajstić information content (AvgIpc) is 2.34. The van der Waals surface area contributed by atoms with E-state index in [1.807, 2.05) is 0 Å². The summed E-state index contributed by atoms with van der Waals surface area (Å²) in [7, 11) is 0. The molecule has 0 aromatic rings. The van der Waals surface area contributed by atoms with Crippen molar-refractivity contribution in [1.82, 2.24) is 0 Å². The summed E-state index contributed by atoms with van der Waals surface area (Å²) in [6.45, 7) is 16.2. The molecule has 0 aliphatic rings. The Kier molecular flexibility index (Phi) is 9.25. The van der Waals surface area contributed by atoms with Crippen LogP contribution in [0.3, 0.4) is 0 Å². The van der Waals surface area contributed by atoms with Gasteiger partial charge in [-0.3, -0.25) is 0 Å². The summed E-state index contributed by atoms with van der Waals surface area (Å²) in [5.41, 5.74) is 0. The van der Waals surface area contributed by atoms with Gasteiger partial charge in [-0.1, -0.05) is 73.1 Å². The van der Waals surface area contributed by atoms with Gasteiger partial charge in [0.05, 0.1) is 0 Å². The molecule has 0 N–H and O–H groups in total. The largest absolute Gasteiger partial charge is 0.0999 e. The van der Waals surface area contributed by atoms with Crippen molar-refractivity contribution in [2.75, 3.05) is 0 Å². The van der Waals surface area contributed by atoms with Crippen LogP contribution in [0.5, 0.6) is 0 Å². The van der Waals surface area contributed by atoms with Crippen molar-refractivity contribution in [2.45, 2.75) is 74.1 Å². The molecule has 0 heterocycles. The first-order valence-corrected chi connectivity index (χ1v) is 7.93. The molecule has 0 saturated heterocycles. The zero-order valence-corrected chi connectivity index (χ0v) is 13.7. The van der Waals surface area contributed by atoms with Gasteiger partial charge in [0.15, 0.2) is 0 Å². The van der Waals surface area contributed by atoms with E-state index >= 15 is 0 Å². The highest BCUT2D eigenvalue weighted by molar-refractivity contribution is 5.06. The van der Waals surface area contributed by atoms with Gasteiger partial charge in [0, 0.05) is 11.8 Å². The summed E-state index contributed by atoms with van der Waals surface area (Å²) < 4.78 is 0. The van der Waals surface area contributed by atoms with Crippen LogP contribution in [0.1, 0.15) is 74.1 Å². The van der Waals surface area contributed by atoms with Gasteiger partial charge in [-0.2, -0.15) is 0 Å². The van der Waals surface area contributed by atoms with Gasteiger partial charge in [-0.25, -0.2) is 0 Å². The Morgan fingerprint density at radius 1 is 0.778 bits per heavy atom. The van der Waals surface area contributed by atoms with Crippen LogP contribution in [-0.2, 0) is 0 Å². The second-order valence-corrected chi connectivity index (χ2v) is 6.34. The molecule has 0 saturated carbocycles. The van der Waals surface area contributed by atoms with Crippen molar-refractivity contribution in [3.05, 3.63) is 0 Å². The van der Waals surface area contributed by atoms with E-state index in [1.54, 1.807) is 0 Å². The molecular formula is C18H34. The van der Waals surface area contributed by atoms with Gasteiger partial charge in [0.1, 0.15) is 0 Å². The quantitative estimate of drug-likeness (QED) is 0.503. The topological polar surface area (TPSA) is 0 Å². The van der Waals surface area contributed by atoms with Gasteiger partial charge in [-0.15, -0.1) is 0 Å². The van der Waals surface area contributed by atoms with Crippen LogP contribution < -0.4 is 0 Å². The van der Waals surface area contributed by atoms with Crippen LogP contribution in [0, 0.1) is 41.4 Å². The highest BCUT2D eigenvalue weighted by Gasteiger charge is 2.17. The van der Waals surface area contributed by atoms with Gasteiger partial charge in [0.2, 0.25) is 0 Å². The Labute approximate surface area is 116 Å². The van der Waals surface area contributed by atoms with E-state index in [4.69, 9.17) is 0 Å². The standard InChI is InChI=1S/C18H34/c1-8-10-14(3)11-12-16(5)18(7)13-17(6)15(4)9-2/h14-18H,8-10,13H2,1-7H3. The maximum absolute atomic E-state index is 3.48. The Morgan fingerprint density at radius 2 is 1.39 bits per heavy atom. The molecule has 0 bridgehead atoms. The summed E-state index contributed by atoms with van der Waals surface area (Å²) in [4.78, 5) is 0. The fourth-order valence-corrected chi connectivity index (χ4v) is 2.35. The fraction of sp³-hybridized carbons (Fsp3) is 0.889. The van der Waals surface area contributed by atoms with Crippen molar-refractivity contribution >= 4 is 0 Å². The van der Waals surface area contributed by atoms with E-state index in [0.717, 1.165) is 17.8 Å². The maximum atomic E-state index is 3.48. The Morgan fingerprint density at radius 3 is 1.89 bits per heavy atom. The predicted octanol–water partition coefficient (Wildman–Crippen LogP) is 5.77. The second kappa shape index (κ2) is 9.48. The van der Waals surface area contributed by atoms with E-state index in [-0.39, 0.29) is 0 Å². The summed E-state index contributed by atoms with van der Waals surface area (Å²) in [5, 5.41) is 0. The molecule has 0 aromatic carbocycles. The molecule has 0 nitrogen and oxygen atoms in total. The molecule has 106 valence electrons. The van der Waals surface area contributed by atoms with E-state index in [2.05, 4.69) is 60.3 Å². The summed E-state index contributed by atoms with van der Waals surface area (Å²) >= 11 is 0. The molecular weight excluding hydrogens is 216 g/mol. The first kappa shape index (κ1) is 17.6. The van der Waals surface area contributed by atoms with Gasteiger partial charge in [-0.05, 0) is 30.6 Å². The van der Waals surface area contributed by atoms with Gasteiger partial charge >= 0.3 is 0 Å². The van der Waals surface area contributed by atoms with E-state index in [0.29, 0.717) is 11.8 Å². The van der Waals surface area contributed by atoms with Crippen molar-refractivity contribution < 1.29 is 0 Å². The van der Waals surface area contributed by atoms with Crippen LogP contribution in [-0.4, -0.2) is 0 Å². The average molecular weight is 250 g/mol. The van der Waals surface area contributed by atoms with Gasteiger partial charge < -0.3 is 0 Å². The third-order valence-corrected chi connectivity index (χ3v) is 4.49. The molecule has 0 aliphatic heterocycles. The highest BCUT2D eigenvalue weighted by atomic mass is 14.2. The van der Waals surface area contributed by atoms with Crippen LogP contribution in [0.4, 0.5) is 0 Å². The summed E-state index contributed by atoms with van der Waals surface area (Å²) in [6.07, 6.45) is 5.08. The first-order valence-electron chi connectivity index (χ1n) is 7.93. The van der Waals surface area contributed by atoms with Crippen molar-refractivity contribution in [1.29, 1.82) is 0 Å². The van der Waals surface area contributed by atoms with Crippen LogP contribution in [0.15, 0.2) is 0 Å². The first-order chi connectivity index (χ1) is 8.42. The van der Waals surface area contributed by atoms with Crippen LogP contribution in [0.2, 0.25) is 0 Å². The SMILES string of the molecule is CCCC(C)C#CC(C)C(C)CC(C)C(C)CC. The fourth-order valence-electron chi connectivity index (χ4n) is 2.35. The predicted molar refractivity (Wildman–Crippen MR) is 83.4 cm³/mol. The lowest BCUT2D eigenvalue weighted by molar-refractivity contribution is 0.283. The smallest absolute Gasteiger partial charge is 0.0200 e. The molecule has 0 spiro atoms. The normalized spacial score (nSPS) is 19.3. The van der Waals surface area contributed by atoms with E-state index in [9.17, 15) is 0 Å². The highest BCUT2D eigenvalue weighted by Crippen LogP contribution is 2.26. The molecule has 0 amide bonds. The Bertz CT molecular complexity index is 255. The van der Waals surface area contributed by atoms with Gasteiger partial charge in [0.25, 0.3) is 0 Å². The maximum Gasteiger partial charge on any atom is 0.0200 e. The zero-order chi connectivity index (χ0) is 14.1. The minimum absolute atomic E-state index is 0.538. The number of hydrogen-bond donors (Lipinski definition) is 0. The summed E-state index contributed by atoms with van der Waals surface area (Å²) in [6, 6.07) is 0. The summed E-state index contributed by atoms with van der Waals surface area (Å²) in [5.74, 6) is 10.4. The molecule has 0 rings (SSSR count). The van der Waals surface area contributed by atoms with Crippen molar-refractivity contribution in [2.24, 2.45) is 29.6 Å². The number of rotatable bonds is 7. The van der Waals surface area contributed by atoms with Crippen LogP contribution >= 0.6 is 0 Å². The minimum Gasteiger partial charge on any atom is -0.0999 e. The molecule has 0 heteroatoms. The number of hydrogen-bond acceptors (Lipinski definition) is 0. The molecule has 5 atom stereocenters. The second-order valence-electron chi connectivity index (χ2n) is 6.34. The third kappa shape index (κ3) is 7.10. The minimum atomic E-state index is 0.538. The molecule has 18 heavy (non-hydrogen) atoms. The Hall–Kier alpha value is -0.440. The van der Waals surface area contributed by atoms with Crippen LogP contribution in [0.25, 0.3) is 0 Å². The molecule has 0 radical (unpaired) electrons. The lowest BCUT2D eigenvalue weighted by atomic mass is 9.81. The molecule has 5 unspecified atom stereocenters. The molecule has 0 aromatic heterocycles. The molecule has 0 fully saturated rings. The Balaban J connectivity index is 4.21. The van der Waals surface area contributed by atoms with E-state index in [1.165, 1.54) is 25.7 Å². The zero-order valence-electron chi connectivity index (χ0n) is 13.7.